The van der Waals surface area contributed by atoms with E-state index in [2.05, 4.69) is 20.4 Å². The zero-order chi connectivity index (χ0) is 20.8. The molecule has 3 heterocycles. The molecule has 0 fully saturated rings. The summed E-state index contributed by atoms with van der Waals surface area (Å²) in [6.07, 6.45) is 5.70. The Labute approximate surface area is 167 Å². The van der Waals surface area contributed by atoms with Crippen LogP contribution in [0.5, 0.6) is 0 Å². The van der Waals surface area contributed by atoms with Crippen molar-refractivity contribution in [3.8, 4) is 0 Å². The maximum atomic E-state index is 12.1. The van der Waals surface area contributed by atoms with Crippen LogP contribution in [-0.2, 0) is 16.4 Å². The van der Waals surface area contributed by atoms with E-state index in [9.17, 15) is 13.6 Å². The predicted molar refractivity (Wildman–Crippen MR) is 108 cm³/mol. The summed E-state index contributed by atoms with van der Waals surface area (Å²) in [6.45, 7) is 4.30. The molecule has 0 unspecified atom stereocenters. The number of rotatable bonds is 5. The van der Waals surface area contributed by atoms with Gasteiger partial charge in [-0.15, -0.1) is 0 Å². The summed E-state index contributed by atoms with van der Waals surface area (Å²) in [6, 6.07) is 7.47. The van der Waals surface area contributed by atoms with E-state index in [-0.39, 0.29) is 17.0 Å². The number of pyridine rings is 1. The van der Waals surface area contributed by atoms with E-state index < -0.39 is 9.84 Å². The second kappa shape index (κ2) is 6.96. The molecule has 0 saturated heterocycles. The Hall–Kier alpha value is -3.27. The van der Waals surface area contributed by atoms with Crippen molar-refractivity contribution in [2.24, 2.45) is 0 Å². The van der Waals surface area contributed by atoms with Crippen LogP contribution in [0.15, 0.2) is 48.0 Å². The number of sulfone groups is 1. The fourth-order valence-electron chi connectivity index (χ4n) is 3.15. The molecule has 0 radical (unpaired) electrons. The van der Waals surface area contributed by atoms with Gasteiger partial charge in [-0.2, -0.15) is 24.3 Å². The normalized spacial score (nSPS) is 12.1. The van der Waals surface area contributed by atoms with Crippen molar-refractivity contribution < 1.29 is 13.1 Å². The Bertz CT molecular complexity index is 1330. The van der Waals surface area contributed by atoms with Gasteiger partial charge in [0, 0.05) is 24.4 Å². The van der Waals surface area contributed by atoms with Gasteiger partial charge in [-0.05, 0) is 16.9 Å². The molecule has 0 aliphatic rings. The van der Waals surface area contributed by atoms with Crippen molar-refractivity contribution in [3.63, 3.8) is 0 Å². The van der Waals surface area contributed by atoms with E-state index in [4.69, 9.17) is 0 Å². The third-order valence-electron chi connectivity index (χ3n) is 4.65. The summed E-state index contributed by atoms with van der Waals surface area (Å²) in [5.41, 5.74) is 2.16. The van der Waals surface area contributed by atoms with Crippen LogP contribution in [0.2, 0.25) is 0 Å². The lowest BCUT2D eigenvalue weighted by Gasteiger charge is -2.11. The first-order valence-corrected chi connectivity index (χ1v) is 10.9. The van der Waals surface area contributed by atoms with E-state index in [0.29, 0.717) is 12.2 Å². The molecule has 1 aromatic carbocycles. The number of benzene rings is 1. The van der Waals surface area contributed by atoms with Gasteiger partial charge in [0.15, 0.2) is 18.0 Å². The minimum atomic E-state index is -3.61. The number of nitrogens with one attached hydrogen (secondary N) is 1. The van der Waals surface area contributed by atoms with Crippen LogP contribution in [0, 0.1) is 5.21 Å². The summed E-state index contributed by atoms with van der Waals surface area (Å²) < 4.78 is 26.4. The van der Waals surface area contributed by atoms with Crippen molar-refractivity contribution >= 4 is 32.2 Å². The summed E-state index contributed by atoms with van der Waals surface area (Å²) >= 11 is 0. The molecular weight excluding hydrogens is 392 g/mol. The quantitative estimate of drug-likeness (QED) is 0.394. The van der Waals surface area contributed by atoms with Crippen LogP contribution in [0.25, 0.3) is 16.4 Å². The van der Waals surface area contributed by atoms with Crippen molar-refractivity contribution in [3.05, 3.63) is 59.2 Å². The molecule has 0 amide bonds. The van der Waals surface area contributed by atoms with Crippen molar-refractivity contribution in [2.75, 3.05) is 11.6 Å². The first-order chi connectivity index (χ1) is 13.7. The van der Waals surface area contributed by atoms with Gasteiger partial charge in [0.1, 0.15) is 0 Å². The molecule has 10 heteroatoms. The number of fused-ring (bicyclic) bond motifs is 2. The van der Waals surface area contributed by atoms with Gasteiger partial charge < -0.3 is 10.5 Å². The van der Waals surface area contributed by atoms with Crippen LogP contribution in [0.4, 0.5) is 5.95 Å². The number of hydrogen-bond donors (Lipinski definition) is 1. The molecule has 3 aromatic heterocycles. The monoisotopic (exact) mass is 412 g/mol. The second-order valence-corrected chi connectivity index (χ2v) is 9.08. The summed E-state index contributed by atoms with van der Waals surface area (Å²) in [5, 5.41) is 20.7. The lowest BCUT2D eigenvalue weighted by atomic mass is 10.1. The average molecular weight is 412 g/mol. The Morgan fingerprint density at radius 3 is 2.76 bits per heavy atom. The molecular formula is C19H20N6O3S. The zero-order valence-corrected chi connectivity index (χ0v) is 17.0. The van der Waals surface area contributed by atoms with Gasteiger partial charge in [-0.3, -0.25) is 0 Å². The second-order valence-electron chi connectivity index (χ2n) is 7.17. The van der Waals surface area contributed by atoms with Crippen LogP contribution < -0.4 is 10.0 Å². The first kappa shape index (κ1) is 19.1. The lowest BCUT2D eigenvalue weighted by Crippen LogP contribution is -2.24. The maximum Gasteiger partial charge on any atom is 0.252 e. The van der Waals surface area contributed by atoms with E-state index in [0.717, 1.165) is 32.9 Å². The topological polar surface area (TPSA) is 116 Å². The highest BCUT2D eigenvalue weighted by atomic mass is 32.2. The van der Waals surface area contributed by atoms with E-state index in [1.54, 1.807) is 12.3 Å². The number of aromatic nitrogens is 5. The van der Waals surface area contributed by atoms with Gasteiger partial charge in [0.25, 0.3) is 5.16 Å². The Balaban J connectivity index is 1.79. The van der Waals surface area contributed by atoms with Crippen molar-refractivity contribution in [1.82, 2.24) is 19.6 Å². The first-order valence-electron chi connectivity index (χ1n) is 9.04. The molecule has 0 aliphatic heterocycles. The third kappa shape index (κ3) is 3.58. The Morgan fingerprint density at radius 1 is 1.24 bits per heavy atom. The van der Waals surface area contributed by atoms with Crippen molar-refractivity contribution in [2.45, 2.75) is 31.5 Å². The fourth-order valence-corrected chi connectivity index (χ4v) is 3.66. The molecule has 4 rings (SSSR count). The van der Waals surface area contributed by atoms with Gasteiger partial charge in [-0.1, -0.05) is 32.0 Å². The highest BCUT2D eigenvalue weighted by Gasteiger charge is 2.20. The smallest absolute Gasteiger partial charge is 0.252 e. The van der Waals surface area contributed by atoms with Gasteiger partial charge in [0.2, 0.25) is 15.8 Å². The molecule has 0 spiro atoms. The molecule has 0 bridgehead atoms. The summed E-state index contributed by atoms with van der Waals surface area (Å²) in [5.74, 6) is 0.387. The molecule has 9 nitrogen and oxygen atoms in total. The summed E-state index contributed by atoms with van der Waals surface area (Å²) in [7, 11) is -3.61. The summed E-state index contributed by atoms with van der Waals surface area (Å²) in [4.78, 5) is 8.40. The number of anilines is 1. The number of hydrogen-bond acceptors (Lipinski definition) is 7. The predicted octanol–water partition coefficient (Wildman–Crippen LogP) is 2.05. The highest BCUT2D eigenvalue weighted by molar-refractivity contribution is 7.90. The van der Waals surface area contributed by atoms with E-state index in [1.165, 1.54) is 16.9 Å². The Morgan fingerprint density at radius 2 is 2.03 bits per heavy atom. The zero-order valence-electron chi connectivity index (χ0n) is 16.2. The molecule has 29 heavy (non-hydrogen) atoms. The molecule has 0 saturated carbocycles. The standard InChI is InChI=1S/C19H20N6O3S/c1-12(2)15-10-21-25-17(15)22-19(29(3,27)28)23-18(25)20-9-14-6-4-5-13-7-8-24(26)11-16(13)14/h4-8,10-12H,9H2,1-3H3,(H,20,22,23). The fraction of sp³-hybridized carbons (Fsp3) is 0.263. The highest BCUT2D eigenvalue weighted by Crippen LogP contribution is 2.23. The van der Waals surface area contributed by atoms with Crippen LogP contribution in [0.1, 0.15) is 30.9 Å². The van der Waals surface area contributed by atoms with Crippen LogP contribution >= 0.6 is 0 Å². The Kier molecular flexibility index (Phi) is 4.58. The van der Waals surface area contributed by atoms with E-state index >= 15 is 0 Å². The van der Waals surface area contributed by atoms with Gasteiger partial charge >= 0.3 is 0 Å². The SMILES string of the molecule is CC(C)c1cnn2c(NCc3cccc4cc[n+]([O-])cc34)nc(S(C)(=O)=O)nc12. The average Bonchev–Trinajstić information content (AvgIpc) is 3.10. The molecule has 0 atom stereocenters. The van der Waals surface area contributed by atoms with Crippen LogP contribution in [-0.4, -0.2) is 34.3 Å². The van der Waals surface area contributed by atoms with Crippen molar-refractivity contribution in [1.29, 1.82) is 0 Å². The third-order valence-corrected chi connectivity index (χ3v) is 5.50. The van der Waals surface area contributed by atoms with Crippen LogP contribution in [0.3, 0.4) is 0 Å². The maximum absolute atomic E-state index is 12.1. The van der Waals surface area contributed by atoms with Gasteiger partial charge in [0.05, 0.1) is 11.6 Å². The van der Waals surface area contributed by atoms with E-state index in [1.807, 2.05) is 32.0 Å². The lowest BCUT2D eigenvalue weighted by molar-refractivity contribution is -0.603. The number of nitrogens with zero attached hydrogens (tertiary/aromatic N) is 5. The largest absolute Gasteiger partial charge is 0.619 e. The molecule has 0 aliphatic carbocycles. The molecule has 150 valence electrons. The minimum Gasteiger partial charge on any atom is -0.619 e. The van der Waals surface area contributed by atoms with Gasteiger partial charge in [-0.25, -0.2) is 8.42 Å². The molecule has 1 N–H and O–H groups in total. The minimum absolute atomic E-state index is 0.119. The molecule has 4 aromatic rings.